The first-order valence-corrected chi connectivity index (χ1v) is 29.0. The number of unbranched alkanes of at least 4 members (excludes halogenated alkanes) is 31. The van der Waals surface area contributed by atoms with Gasteiger partial charge in [0.05, 0.1) is 25.2 Å². The summed E-state index contributed by atoms with van der Waals surface area (Å²) >= 11 is 0. The Hall–Kier alpha value is -2.44. The molecule has 390 valence electrons. The molecule has 0 bridgehead atoms. The molecule has 0 rings (SSSR count). The normalized spacial score (nSPS) is 13.6. The Labute approximate surface area is 416 Å². The van der Waals surface area contributed by atoms with Crippen molar-refractivity contribution in [3.8, 4) is 0 Å². The van der Waals surface area contributed by atoms with E-state index in [1.165, 1.54) is 154 Å². The number of nitrogens with one attached hydrogen (secondary N) is 1. The topological polar surface area (TPSA) is 95.9 Å². The Balaban J connectivity index is 4.63. The summed E-state index contributed by atoms with van der Waals surface area (Å²) in [6.07, 6.45) is 68.5. The maximum absolute atomic E-state index is 13.3. The number of esters is 1. The molecule has 0 aliphatic carbocycles. The molecule has 0 heterocycles. The van der Waals surface area contributed by atoms with Crippen LogP contribution in [0, 0.1) is 0 Å². The standard InChI is InChI=1S/C61H111NO5/c1-4-7-10-13-16-19-22-25-27-29-30-31-33-36-39-42-45-48-51-54-61(66)67-57(52-49-46-43-40-37-35-32-28-26-23-20-17-14-11-8-5-2)55-60(65)62-58(56-63)59(64)53-50-47-44-41-38-34-24-21-18-15-12-9-6-3/h16,19,25,27-28,30-32,35,37,57-59,63-64H,4-15,17-18,20-24,26,29,33-34,36,38-56H2,1-3H3,(H,62,65)/b19-16-,27-25-,31-30-,32-28+,37-35+. The van der Waals surface area contributed by atoms with Gasteiger partial charge in [-0.1, -0.05) is 248 Å². The lowest BCUT2D eigenvalue weighted by Crippen LogP contribution is -2.46. The Kier molecular flexibility index (Phi) is 52.5. The van der Waals surface area contributed by atoms with Gasteiger partial charge in [-0.3, -0.25) is 9.59 Å². The second-order valence-corrected chi connectivity index (χ2v) is 19.7. The van der Waals surface area contributed by atoms with E-state index in [-0.39, 0.29) is 24.9 Å². The van der Waals surface area contributed by atoms with Crippen molar-refractivity contribution in [2.75, 3.05) is 6.61 Å². The van der Waals surface area contributed by atoms with Crippen molar-refractivity contribution in [2.45, 2.75) is 309 Å². The van der Waals surface area contributed by atoms with Crippen molar-refractivity contribution in [3.05, 3.63) is 60.8 Å². The van der Waals surface area contributed by atoms with Gasteiger partial charge in [-0.25, -0.2) is 0 Å². The zero-order valence-corrected chi connectivity index (χ0v) is 44.5. The van der Waals surface area contributed by atoms with E-state index in [9.17, 15) is 19.8 Å². The van der Waals surface area contributed by atoms with Gasteiger partial charge in [-0.2, -0.15) is 0 Å². The van der Waals surface area contributed by atoms with Crippen LogP contribution in [0.1, 0.15) is 290 Å². The number of rotatable bonds is 52. The molecule has 0 spiro atoms. The molecule has 0 aromatic carbocycles. The molecule has 6 heteroatoms. The monoisotopic (exact) mass is 938 g/mol. The molecule has 67 heavy (non-hydrogen) atoms. The summed E-state index contributed by atoms with van der Waals surface area (Å²) in [5.74, 6) is -0.507. The van der Waals surface area contributed by atoms with Gasteiger partial charge in [-0.05, 0) is 89.9 Å². The molecule has 0 aliphatic heterocycles. The van der Waals surface area contributed by atoms with E-state index in [1.54, 1.807) is 0 Å². The van der Waals surface area contributed by atoms with Gasteiger partial charge < -0.3 is 20.3 Å². The van der Waals surface area contributed by atoms with E-state index < -0.39 is 18.2 Å². The van der Waals surface area contributed by atoms with E-state index in [4.69, 9.17) is 4.74 Å². The van der Waals surface area contributed by atoms with E-state index in [0.717, 1.165) is 89.9 Å². The van der Waals surface area contributed by atoms with Crippen LogP contribution in [0.5, 0.6) is 0 Å². The fourth-order valence-electron chi connectivity index (χ4n) is 8.66. The minimum atomic E-state index is -0.799. The number of carbonyl (C=O) groups is 2. The smallest absolute Gasteiger partial charge is 0.306 e. The summed E-state index contributed by atoms with van der Waals surface area (Å²) in [7, 11) is 0. The highest BCUT2D eigenvalue weighted by atomic mass is 16.5. The molecule has 3 N–H and O–H groups in total. The van der Waals surface area contributed by atoms with Crippen LogP contribution in [0.2, 0.25) is 0 Å². The van der Waals surface area contributed by atoms with Crippen molar-refractivity contribution < 1.29 is 24.5 Å². The highest BCUT2D eigenvalue weighted by Crippen LogP contribution is 2.18. The molecule has 6 nitrogen and oxygen atoms in total. The van der Waals surface area contributed by atoms with Gasteiger partial charge in [0, 0.05) is 6.42 Å². The number of carbonyl (C=O) groups excluding carboxylic acids is 2. The number of ether oxygens (including phenoxy) is 1. The first kappa shape index (κ1) is 64.6. The molecule has 0 fully saturated rings. The van der Waals surface area contributed by atoms with E-state index >= 15 is 0 Å². The Morgan fingerprint density at radius 1 is 0.448 bits per heavy atom. The molecule has 3 atom stereocenters. The lowest BCUT2D eigenvalue weighted by atomic mass is 10.0. The van der Waals surface area contributed by atoms with Crippen molar-refractivity contribution in [1.82, 2.24) is 5.32 Å². The van der Waals surface area contributed by atoms with Crippen LogP contribution < -0.4 is 5.32 Å². The predicted molar refractivity (Wildman–Crippen MR) is 292 cm³/mol. The van der Waals surface area contributed by atoms with Crippen LogP contribution in [-0.4, -0.2) is 46.9 Å². The highest BCUT2D eigenvalue weighted by Gasteiger charge is 2.24. The van der Waals surface area contributed by atoms with Crippen molar-refractivity contribution >= 4 is 11.9 Å². The lowest BCUT2D eigenvalue weighted by Gasteiger charge is -2.24. The van der Waals surface area contributed by atoms with Crippen molar-refractivity contribution in [2.24, 2.45) is 0 Å². The van der Waals surface area contributed by atoms with Gasteiger partial charge in [0.25, 0.3) is 0 Å². The molecular formula is C61H111NO5. The predicted octanol–water partition coefficient (Wildman–Crippen LogP) is 18.0. The third-order valence-corrected chi connectivity index (χ3v) is 13.1. The largest absolute Gasteiger partial charge is 0.462 e. The molecule has 0 saturated carbocycles. The quantitative estimate of drug-likeness (QED) is 0.0244. The fraction of sp³-hybridized carbons (Fsp3) is 0.803. The van der Waals surface area contributed by atoms with Crippen molar-refractivity contribution in [1.29, 1.82) is 0 Å². The lowest BCUT2D eigenvalue weighted by molar-refractivity contribution is -0.151. The second-order valence-electron chi connectivity index (χ2n) is 19.7. The molecule has 0 saturated heterocycles. The van der Waals surface area contributed by atoms with E-state index in [0.29, 0.717) is 19.3 Å². The summed E-state index contributed by atoms with van der Waals surface area (Å²) < 4.78 is 5.95. The first-order chi connectivity index (χ1) is 33.0. The summed E-state index contributed by atoms with van der Waals surface area (Å²) in [6, 6.07) is -0.715. The minimum absolute atomic E-state index is 0.0540. The number of amides is 1. The van der Waals surface area contributed by atoms with Crippen LogP contribution in [0.25, 0.3) is 0 Å². The summed E-state index contributed by atoms with van der Waals surface area (Å²) in [5, 5.41) is 23.9. The average Bonchev–Trinajstić information content (AvgIpc) is 3.32. The number of aliphatic hydroxyl groups is 2. The molecule has 1 amide bonds. The molecular weight excluding hydrogens is 827 g/mol. The van der Waals surface area contributed by atoms with Gasteiger partial charge >= 0.3 is 5.97 Å². The zero-order chi connectivity index (χ0) is 48.8. The fourth-order valence-corrected chi connectivity index (χ4v) is 8.66. The third-order valence-electron chi connectivity index (χ3n) is 13.1. The highest BCUT2D eigenvalue weighted by molar-refractivity contribution is 5.77. The third kappa shape index (κ3) is 49.8. The Morgan fingerprint density at radius 3 is 1.28 bits per heavy atom. The second kappa shape index (κ2) is 54.5. The molecule has 3 unspecified atom stereocenters. The number of hydrogen-bond acceptors (Lipinski definition) is 5. The van der Waals surface area contributed by atoms with Gasteiger partial charge in [0.15, 0.2) is 0 Å². The Bertz CT molecular complexity index is 1190. The first-order valence-electron chi connectivity index (χ1n) is 29.0. The summed E-state index contributed by atoms with van der Waals surface area (Å²) in [5.41, 5.74) is 0. The van der Waals surface area contributed by atoms with Crippen LogP contribution in [0.15, 0.2) is 60.8 Å². The molecule has 0 radical (unpaired) electrons. The maximum atomic E-state index is 13.3. The van der Waals surface area contributed by atoms with Crippen LogP contribution in [0.3, 0.4) is 0 Å². The van der Waals surface area contributed by atoms with Gasteiger partial charge in [0.1, 0.15) is 6.10 Å². The minimum Gasteiger partial charge on any atom is -0.462 e. The molecule has 0 aromatic rings. The zero-order valence-electron chi connectivity index (χ0n) is 44.5. The van der Waals surface area contributed by atoms with E-state index in [2.05, 4.69) is 86.8 Å². The maximum Gasteiger partial charge on any atom is 0.306 e. The number of aliphatic hydroxyl groups excluding tert-OH is 2. The van der Waals surface area contributed by atoms with E-state index in [1.807, 2.05) is 0 Å². The van der Waals surface area contributed by atoms with Crippen molar-refractivity contribution in [3.63, 3.8) is 0 Å². The number of allylic oxidation sites excluding steroid dienone is 10. The number of hydrogen-bond donors (Lipinski definition) is 3. The van der Waals surface area contributed by atoms with Gasteiger partial charge in [-0.15, -0.1) is 0 Å². The molecule has 0 aromatic heterocycles. The average molecular weight is 939 g/mol. The van der Waals surface area contributed by atoms with Crippen LogP contribution >= 0.6 is 0 Å². The molecule has 0 aliphatic rings. The summed E-state index contributed by atoms with van der Waals surface area (Å²) in [6.45, 7) is 6.46. The van der Waals surface area contributed by atoms with Crippen LogP contribution in [-0.2, 0) is 14.3 Å². The summed E-state index contributed by atoms with van der Waals surface area (Å²) in [4.78, 5) is 26.3. The Morgan fingerprint density at radius 2 is 0.806 bits per heavy atom. The van der Waals surface area contributed by atoms with Gasteiger partial charge in [0.2, 0.25) is 5.91 Å². The van der Waals surface area contributed by atoms with Crippen LogP contribution in [0.4, 0.5) is 0 Å². The SMILES string of the molecule is CCCCC/C=C\C/C=C\C/C=C\CCCCCCCCC(=O)OC(CCCCC/C=C/C=C/CCCCCCCCC)CC(=O)NC(CO)C(O)CCCCCCCCCCCCCCC.